The highest BCUT2D eigenvalue weighted by Gasteiger charge is 2.31. The molecule has 2 aliphatic rings. The van der Waals surface area contributed by atoms with Crippen molar-refractivity contribution in [3.8, 4) is 0 Å². The van der Waals surface area contributed by atoms with Crippen molar-refractivity contribution >= 4 is 23.4 Å². The van der Waals surface area contributed by atoms with E-state index in [2.05, 4.69) is 16.9 Å². The minimum Gasteiger partial charge on any atom is -0.384 e. The van der Waals surface area contributed by atoms with E-state index in [1.165, 1.54) is 43.4 Å². The Balaban J connectivity index is 1.63. The van der Waals surface area contributed by atoms with Gasteiger partial charge in [0.1, 0.15) is 0 Å². The summed E-state index contributed by atoms with van der Waals surface area (Å²) >= 11 is 1.93. The zero-order chi connectivity index (χ0) is 14.7. The number of carbonyl (C=O) groups excluding carboxylic acids is 1. The first-order valence-corrected chi connectivity index (χ1v) is 9.15. The van der Waals surface area contributed by atoms with Gasteiger partial charge in [-0.2, -0.15) is 11.8 Å². The van der Waals surface area contributed by atoms with Gasteiger partial charge in [0.05, 0.1) is 0 Å². The van der Waals surface area contributed by atoms with Crippen molar-refractivity contribution in [2.24, 2.45) is 0 Å². The van der Waals surface area contributed by atoms with E-state index in [4.69, 9.17) is 0 Å². The van der Waals surface area contributed by atoms with Gasteiger partial charge in [-0.25, -0.2) is 0 Å². The fraction of sp³-hybridized carbons (Fsp3) is 0.588. The van der Waals surface area contributed by atoms with Crippen LogP contribution in [0.3, 0.4) is 0 Å². The van der Waals surface area contributed by atoms with Gasteiger partial charge in [-0.05, 0) is 49.3 Å². The number of nitrogens with one attached hydrogen (secondary N) is 2. The number of thioether (sulfide) groups is 1. The SMILES string of the molecule is CSC1(CNC(=O)c2ccc3c(c2)CCN3)CCCCC1. The third kappa shape index (κ3) is 3.20. The lowest BCUT2D eigenvalue weighted by Crippen LogP contribution is -2.41. The third-order valence-electron chi connectivity index (χ3n) is 4.85. The maximum Gasteiger partial charge on any atom is 0.251 e. The summed E-state index contributed by atoms with van der Waals surface area (Å²) in [5.41, 5.74) is 3.24. The van der Waals surface area contributed by atoms with Crippen molar-refractivity contribution < 1.29 is 4.79 Å². The molecule has 1 saturated carbocycles. The van der Waals surface area contributed by atoms with Crippen LogP contribution < -0.4 is 10.6 Å². The summed E-state index contributed by atoms with van der Waals surface area (Å²) in [5.74, 6) is 0.0729. The molecular formula is C17H24N2OS. The van der Waals surface area contributed by atoms with Crippen LogP contribution in [0.25, 0.3) is 0 Å². The zero-order valence-corrected chi connectivity index (χ0v) is 13.5. The van der Waals surface area contributed by atoms with Crippen molar-refractivity contribution in [2.45, 2.75) is 43.3 Å². The molecule has 4 heteroatoms. The van der Waals surface area contributed by atoms with Crippen LogP contribution >= 0.6 is 11.8 Å². The summed E-state index contributed by atoms with van der Waals surface area (Å²) in [5, 5.41) is 6.50. The van der Waals surface area contributed by atoms with Crippen molar-refractivity contribution in [1.82, 2.24) is 5.32 Å². The quantitative estimate of drug-likeness (QED) is 0.895. The van der Waals surface area contributed by atoms with Crippen LogP contribution in [-0.2, 0) is 6.42 Å². The summed E-state index contributed by atoms with van der Waals surface area (Å²) in [4.78, 5) is 12.4. The van der Waals surface area contributed by atoms with E-state index < -0.39 is 0 Å². The Bertz CT molecular complexity index is 524. The summed E-state index contributed by atoms with van der Waals surface area (Å²) in [7, 11) is 0. The Morgan fingerprint density at radius 1 is 1.33 bits per heavy atom. The highest BCUT2D eigenvalue weighted by molar-refractivity contribution is 8.00. The smallest absolute Gasteiger partial charge is 0.251 e. The lowest BCUT2D eigenvalue weighted by molar-refractivity contribution is 0.0947. The Morgan fingerprint density at radius 2 is 2.14 bits per heavy atom. The minimum atomic E-state index is 0.0729. The normalized spacial score (nSPS) is 19.7. The molecule has 0 bridgehead atoms. The molecule has 114 valence electrons. The molecule has 0 saturated heterocycles. The van der Waals surface area contributed by atoms with Crippen LogP contribution in [0.5, 0.6) is 0 Å². The summed E-state index contributed by atoms with van der Waals surface area (Å²) in [6.07, 6.45) is 9.57. The fourth-order valence-electron chi connectivity index (χ4n) is 3.44. The Hall–Kier alpha value is -1.16. The van der Waals surface area contributed by atoms with Crippen LogP contribution in [0.1, 0.15) is 48.0 Å². The average molecular weight is 304 g/mol. The first-order chi connectivity index (χ1) is 10.2. The van der Waals surface area contributed by atoms with Crippen LogP contribution in [0.2, 0.25) is 0 Å². The lowest BCUT2D eigenvalue weighted by Gasteiger charge is -2.35. The second kappa shape index (κ2) is 6.30. The van der Waals surface area contributed by atoms with Gasteiger partial charge in [-0.3, -0.25) is 4.79 Å². The van der Waals surface area contributed by atoms with E-state index in [0.717, 1.165) is 25.1 Å². The first-order valence-electron chi connectivity index (χ1n) is 7.93. The maximum absolute atomic E-state index is 12.4. The van der Waals surface area contributed by atoms with Gasteiger partial charge >= 0.3 is 0 Å². The van der Waals surface area contributed by atoms with Crippen LogP contribution in [-0.4, -0.2) is 30.0 Å². The zero-order valence-electron chi connectivity index (χ0n) is 12.7. The Kier molecular flexibility index (Phi) is 4.43. The molecular weight excluding hydrogens is 280 g/mol. The molecule has 0 radical (unpaired) electrons. The maximum atomic E-state index is 12.4. The molecule has 1 heterocycles. The van der Waals surface area contributed by atoms with Gasteiger partial charge in [0.15, 0.2) is 0 Å². The second-order valence-electron chi connectivity index (χ2n) is 6.18. The van der Waals surface area contributed by atoms with Gasteiger partial charge < -0.3 is 10.6 Å². The van der Waals surface area contributed by atoms with E-state index >= 15 is 0 Å². The van der Waals surface area contributed by atoms with E-state index in [9.17, 15) is 4.79 Å². The standard InChI is InChI=1S/C17H24N2OS/c1-21-17(8-3-2-4-9-17)12-19-16(20)14-5-6-15-13(11-14)7-10-18-15/h5-6,11,18H,2-4,7-10,12H2,1H3,(H,19,20). The molecule has 1 aromatic carbocycles. The number of hydrogen-bond acceptors (Lipinski definition) is 3. The molecule has 1 amide bonds. The molecule has 21 heavy (non-hydrogen) atoms. The van der Waals surface area contributed by atoms with Gasteiger partial charge in [0.25, 0.3) is 5.91 Å². The largest absolute Gasteiger partial charge is 0.384 e. The van der Waals surface area contributed by atoms with Gasteiger partial charge in [-0.1, -0.05) is 19.3 Å². The number of anilines is 1. The molecule has 2 N–H and O–H groups in total. The van der Waals surface area contributed by atoms with Crippen molar-refractivity contribution in [3.05, 3.63) is 29.3 Å². The van der Waals surface area contributed by atoms with Gasteiger partial charge in [0.2, 0.25) is 0 Å². The lowest BCUT2D eigenvalue weighted by atomic mass is 9.88. The number of fused-ring (bicyclic) bond motifs is 1. The molecule has 0 aromatic heterocycles. The van der Waals surface area contributed by atoms with E-state index in [1.54, 1.807) is 0 Å². The summed E-state index contributed by atoms with van der Waals surface area (Å²) in [6.45, 7) is 1.78. The van der Waals surface area contributed by atoms with Crippen molar-refractivity contribution in [2.75, 3.05) is 24.7 Å². The molecule has 3 rings (SSSR count). The predicted octanol–water partition coefficient (Wildman–Crippen LogP) is 3.45. The Morgan fingerprint density at radius 3 is 2.90 bits per heavy atom. The molecule has 3 nitrogen and oxygen atoms in total. The monoisotopic (exact) mass is 304 g/mol. The first kappa shape index (κ1) is 14.8. The molecule has 0 spiro atoms. The number of hydrogen-bond donors (Lipinski definition) is 2. The number of rotatable bonds is 4. The molecule has 1 aliphatic heterocycles. The molecule has 1 aromatic rings. The second-order valence-corrected chi connectivity index (χ2v) is 7.45. The van der Waals surface area contributed by atoms with E-state index in [-0.39, 0.29) is 10.7 Å². The minimum absolute atomic E-state index is 0.0729. The molecule has 0 unspecified atom stereocenters. The predicted molar refractivity (Wildman–Crippen MR) is 90.3 cm³/mol. The van der Waals surface area contributed by atoms with E-state index in [0.29, 0.717) is 0 Å². The van der Waals surface area contributed by atoms with Crippen molar-refractivity contribution in [3.63, 3.8) is 0 Å². The van der Waals surface area contributed by atoms with Crippen LogP contribution in [0.15, 0.2) is 18.2 Å². The number of amides is 1. The molecule has 1 fully saturated rings. The molecule has 0 atom stereocenters. The number of carbonyl (C=O) groups is 1. The average Bonchev–Trinajstić information content (AvgIpc) is 3.01. The topological polar surface area (TPSA) is 41.1 Å². The third-order valence-corrected chi connectivity index (χ3v) is 6.26. The fourth-order valence-corrected chi connectivity index (χ4v) is 4.35. The van der Waals surface area contributed by atoms with Crippen LogP contribution in [0, 0.1) is 0 Å². The molecule has 1 aliphatic carbocycles. The highest BCUT2D eigenvalue weighted by atomic mass is 32.2. The Labute approximate surface area is 131 Å². The van der Waals surface area contributed by atoms with E-state index in [1.807, 2.05) is 30.0 Å². The highest BCUT2D eigenvalue weighted by Crippen LogP contribution is 2.38. The van der Waals surface area contributed by atoms with Gasteiger partial charge in [-0.15, -0.1) is 0 Å². The van der Waals surface area contributed by atoms with Crippen molar-refractivity contribution in [1.29, 1.82) is 0 Å². The summed E-state index contributed by atoms with van der Waals surface area (Å²) < 4.78 is 0.256. The van der Waals surface area contributed by atoms with Gasteiger partial charge in [0, 0.05) is 29.1 Å². The van der Waals surface area contributed by atoms with Crippen LogP contribution in [0.4, 0.5) is 5.69 Å². The number of benzene rings is 1. The summed E-state index contributed by atoms with van der Waals surface area (Å²) in [6, 6.07) is 6.00.